The number of imide groups is 1. The molecule has 1 aliphatic rings. The van der Waals surface area contributed by atoms with Crippen LogP contribution in [0.1, 0.15) is 13.8 Å². The van der Waals surface area contributed by atoms with Crippen LogP contribution >= 0.6 is 0 Å². The van der Waals surface area contributed by atoms with Crippen LogP contribution in [0, 0.1) is 17.7 Å². The second-order valence-corrected chi connectivity index (χ2v) is 5.12. The maximum Gasteiger partial charge on any atom is 0.244 e. The number of nitrogens with two attached hydrogens (primary N) is 1. The molecule has 1 aromatic carbocycles. The van der Waals surface area contributed by atoms with Crippen molar-refractivity contribution in [1.29, 1.82) is 0 Å². The Morgan fingerprint density at radius 1 is 1.29 bits per heavy atom. The number of halogens is 1. The number of benzene rings is 1. The van der Waals surface area contributed by atoms with E-state index in [0.717, 1.165) is 11.0 Å². The van der Waals surface area contributed by atoms with Crippen molar-refractivity contribution in [2.24, 2.45) is 11.8 Å². The molecular weight excluding hydrogens is 277 g/mol. The number of hydrogen-bond donors (Lipinski definition) is 2. The third-order valence-electron chi connectivity index (χ3n) is 3.64. The Balaban J connectivity index is 2.03. The molecule has 6 nitrogen and oxygen atoms in total. The SMILES string of the molecule is CC1C(=O)N(CC(=O)Nc2ccc(F)c(N)c2)C(=O)C1C. The zero-order valence-electron chi connectivity index (χ0n) is 11.7. The van der Waals surface area contributed by atoms with E-state index in [0.29, 0.717) is 5.69 Å². The fourth-order valence-electron chi connectivity index (χ4n) is 2.15. The van der Waals surface area contributed by atoms with Crippen LogP contribution in [0.4, 0.5) is 15.8 Å². The Bertz CT molecular complexity index is 597. The summed E-state index contributed by atoms with van der Waals surface area (Å²) in [5.41, 5.74) is 5.61. The van der Waals surface area contributed by atoms with Crippen molar-refractivity contribution in [2.75, 3.05) is 17.6 Å². The molecule has 112 valence electrons. The van der Waals surface area contributed by atoms with Crippen molar-refractivity contribution in [3.63, 3.8) is 0 Å². The van der Waals surface area contributed by atoms with Gasteiger partial charge in [-0.2, -0.15) is 0 Å². The van der Waals surface area contributed by atoms with E-state index in [9.17, 15) is 18.8 Å². The molecule has 0 bridgehead atoms. The fraction of sp³-hybridized carbons (Fsp3) is 0.357. The molecule has 21 heavy (non-hydrogen) atoms. The van der Waals surface area contributed by atoms with Crippen molar-refractivity contribution in [1.82, 2.24) is 4.90 Å². The molecule has 3 N–H and O–H groups in total. The normalized spacial score (nSPS) is 21.8. The topological polar surface area (TPSA) is 92.5 Å². The largest absolute Gasteiger partial charge is 0.396 e. The summed E-state index contributed by atoms with van der Waals surface area (Å²) >= 11 is 0. The fourth-order valence-corrected chi connectivity index (χ4v) is 2.15. The third kappa shape index (κ3) is 2.86. The minimum absolute atomic E-state index is 0.0941. The first-order valence-corrected chi connectivity index (χ1v) is 6.51. The van der Waals surface area contributed by atoms with Crippen LogP contribution in [0.25, 0.3) is 0 Å². The van der Waals surface area contributed by atoms with Gasteiger partial charge in [-0.1, -0.05) is 13.8 Å². The molecule has 1 aliphatic heterocycles. The van der Waals surface area contributed by atoms with Crippen molar-refractivity contribution < 1.29 is 18.8 Å². The monoisotopic (exact) mass is 293 g/mol. The molecule has 0 radical (unpaired) electrons. The Morgan fingerprint density at radius 2 is 1.86 bits per heavy atom. The molecule has 1 saturated heterocycles. The molecule has 0 aromatic heterocycles. The van der Waals surface area contributed by atoms with Gasteiger partial charge in [-0.15, -0.1) is 0 Å². The summed E-state index contributed by atoms with van der Waals surface area (Å²) in [4.78, 5) is 36.6. The van der Waals surface area contributed by atoms with Crippen LogP contribution in [-0.4, -0.2) is 29.2 Å². The van der Waals surface area contributed by atoms with Crippen molar-refractivity contribution >= 4 is 29.1 Å². The van der Waals surface area contributed by atoms with Gasteiger partial charge >= 0.3 is 0 Å². The van der Waals surface area contributed by atoms with Crippen LogP contribution in [0.15, 0.2) is 18.2 Å². The Hall–Kier alpha value is -2.44. The number of amides is 3. The number of nitrogens with one attached hydrogen (secondary N) is 1. The van der Waals surface area contributed by atoms with E-state index in [1.54, 1.807) is 13.8 Å². The highest BCUT2D eigenvalue weighted by Crippen LogP contribution is 2.25. The predicted molar refractivity (Wildman–Crippen MR) is 74.5 cm³/mol. The summed E-state index contributed by atoms with van der Waals surface area (Å²) < 4.78 is 13.0. The smallest absolute Gasteiger partial charge is 0.244 e. The molecule has 2 unspecified atom stereocenters. The summed E-state index contributed by atoms with van der Waals surface area (Å²) in [6.45, 7) is 2.95. The number of carbonyl (C=O) groups excluding carboxylic acids is 3. The first-order chi connectivity index (χ1) is 9.81. The number of nitrogens with zero attached hydrogens (tertiary/aromatic N) is 1. The van der Waals surface area contributed by atoms with E-state index in [1.165, 1.54) is 12.1 Å². The lowest BCUT2D eigenvalue weighted by atomic mass is 10.00. The lowest BCUT2D eigenvalue weighted by Gasteiger charge is -2.14. The van der Waals surface area contributed by atoms with Crippen LogP contribution in [0.2, 0.25) is 0 Å². The molecule has 7 heteroatoms. The molecule has 0 aliphatic carbocycles. The van der Waals surface area contributed by atoms with Gasteiger partial charge in [0.15, 0.2) is 0 Å². The maximum absolute atomic E-state index is 13.0. The van der Waals surface area contributed by atoms with Gasteiger partial charge < -0.3 is 11.1 Å². The number of hydrogen-bond acceptors (Lipinski definition) is 4. The van der Waals surface area contributed by atoms with Gasteiger partial charge in [0.05, 0.1) is 5.69 Å². The van der Waals surface area contributed by atoms with Crippen molar-refractivity contribution in [3.8, 4) is 0 Å². The van der Waals surface area contributed by atoms with E-state index in [2.05, 4.69) is 5.32 Å². The van der Waals surface area contributed by atoms with Crippen LogP contribution in [0.5, 0.6) is 0 Å². The zero-order valence-corrected chi connectivity index (χ0v) is 11.7. The van der Waals surface area contributed by atoms with Crippen molar-refractivity contribution in [2.45, 2.75) is 13.8 Å². The second-order valence-electron chi connectivity index (χ2n) is 5.12. The molecule has 0 spiro atoms. The average molecular weight is 293 g/mol. The predicted octanol–water partition coefficient (Wildman–Crippen LogP) is 0.987. The molecule has 1 fully saturated rings. The second kappa shape index (κ2) is 5.51. The molecule has 1 aromatic rings. The Labute approximate surface area is 121 Å². The summed E-state index contributed by atoms with van der Waals surface area (Å²) in [7, 11) is 0. The average Bonchev–Trinajstić information content (AvgIpc) is 2.61. The van der Waals surface area contributed by atoms with E-state index in [-0.39, 0.29) is 24.0 Å². The lowest BCUT2D eigenvalue weighted by molar-refractivity contribution is -0.142. The molecule has 2 rings (SSSR count). The van der Waals surface area contributed by atoms with Gasteiger partial charge in [0.1, 0.15) is 12.4 Å². The molecule has 1 heterocycles. The molecule has 2 atom stereocenters. The van der Waals surface area contributed by atoms with E-state index >= 15 is 0 Å². The number of rotatable bonds is 3. The van der Waals surface area contributed by atoms with Gasteiger partial charge in [-0.3, -0.25) is 19.3 Å². The summed E-state index contributed by atoms with van der Waals surface area (Å²) in [6.07, 6.45) is 0. The minimum Gasteiger partial charge on any atom is -0.396 e. The molecular formula is C14H16FN3O3. The van der Waals surface area contributed by atoms with Gasteiger partial charge in [0.2, 0.25) is 17.7 Å². The maximum atomic E-state index is 13.0. The summed E-state index contributed by atoms with van der Waals surface area (Å²) in [5, 5.41) is 2.48. The molecule has 0 saturated carbocycles. The van der Waals surface area contributed by atoms with Gasteiger partial charge in [0.25, 0.3) is 0 Å². The Kier molecular flexibility index (Phi) is 3.93. The lowest BCUT2D eigenvalue weighted by Crippen LogP contribution is -2.38. The number of likely N-dealkylation sites (tertiary alicyclic amines) is 1. The zero-order chi connectivity index (χ0) is 15.7. The first kappa shape index (κ1) is 15.0. The minimum atomic E-state index is -0.583. The van der Waals surface area contributed by atoms with E-state index < -0.39 is 23.6 Å². The number of nitrogen functional groups attached to an aromatic ring is 1. The first-order valence-electron chi connectivity index (χ1n) is 6.51. The molecule has 3 amide bonds. The quantitative estimate of drug-likeness (QED) is 0.642. The van der Waals surface area contributed by atoms with Gasteiger partial charge in [-0.05, 0) is 18.2 Å². The van der Waals surface area contributed by atoms with Crippen molar-refractivity contribution in [3.05, 3.63) is 24.0 Å². The van der Waals surface area contributed by atoms with Gasteiger partial charge in [-0.25, -0.2) is 4.39 Å². The summed E-state index contributed by atoms with van der Waals surface area (Å²) in [5.74, 6) is -2.69. The van der Waals surface area contributed by atoms with E-state index in [4.69, 9.17) is 5.73 Å². The number of carbonyl (C=O) groups is 3. The third-order valence-corrected chi connectivity index (χ3v) is 3.64. The van der Waals surface area contributed by atoms with Crippen LogP contribution in [0.3, 0.4) is 0 Å². The summed E-state index contributed by atoms with van der Waals surface area (Å²) in [6, 6.07) is 3.75. The van der Waals surface area contributed by atoms with Crippen LogP contribution in [-0.2, 0) is 14.4 Å². The van der Waals surface area contributed by atoms with Gasteiger partial charge in [0, 0.05) is 17.5 Å². The van der Waals surface area contributed by atoms with E-state index in [1.807, 2.05) is 0 Å². The number of anilines is 2. The standard InChI is InChI=1S/C14H16FN3O3/c1-7-8(2)14(21)18(13(7)20)6-12(19)17-9-3-4-10(15)11(16)5-9/h3-5,7-8H,6,16H2,1-2H3,(H,17,19). The van der Waals surface area contributed by atoms with Crippen LogP contribution < -0.4 is 11.1 Å². The Morgan fingerprint density at radius 3 is 2.38 bits per heavy atom. The highest BCUT2D eigenvalue weighted by atomic mass is 19.1. The highest BCUT2D eigenvalue weighted by Gasteiger charge is 2.42. The highest BCUT2D eigenvalue weighted by molar-refractivity contribution is 6.08.